The van der Waals surface area contributed by atoms with E-state index in [1.165, 1.54) is 24.3 Å². The maximum Gasteiger partial charge on any atom is 0.417 e. The molecule has 4 rings (SSSR count). The van der Waals surface area contributed by atoms with Crippen LogP contribution in [-0.2, 0) is 12.4 Å². The third kappa shape index (κ3) is 10.2. The van der Waals surface area contributed by atoms with Crippen LogP contribution in [0.5, 0.6) is 0 Å². The Bertz CT molecular complexity index is 1530. The number of hydrogen-bond acceptors (Lipinski definition) is 4. The summed E-state index contributed by atoms with van der Waals surface area (Å²) in [7, 11) is 0. The molecular weight excluding hydrogens is 637 g/mol. The summed E-state index contributed by atoms with van der Waals surface area (Å²) >= 11 is 11.0. The molecule has 0 saturated carbocycles. The first-order valence-electron chi connectivity index (χ1n) is 12.1. The van der Waals surface area contributed by atoms with Gasteiger partial charge in [0.1, 0.15) is 0 Å². The minimum Gasteiger partial charge on any atom is -0.399 e. The molecule has 4 amide bonds. The Morgan fingerprint density at radius 2 is 0.841 bits per heavy atom. The highest BCUT2D eigenvalue weighted by atomic mass is 35.5. The molecule has 0 bridgehead atoms. The highest BCUT2D eigenvalue weighted by molar-refractivity contribution is 6.32. The number of benzene rings is 4. The summed E-state index contributed by atoms with van der Waals surface area (Å²) in [5.41, 5.74) is 10.8. The summed E-state index contributed by atoms with van der Waals surface area (Å²) in [6.45, 7) is 0. The van der Waals surface area contributed by atoms with E-state index in [1.54, 1.807) is 36.4 Å². The second-order valence-corrected chi connectivity index (χ2v) is 9.61. The van der Waals surface area contributed by atoms with Crippen LogP contribution in [0, 0.1) is 0 Å². The van der Waals surface area contributed by atoms with Crippen LogP contribution < -0.4 is 32.7 Å². The van der Waals surface area contributed by atoms with Crippen molar-refractivity contribution in [1.29, 1.82) is 0 Å². The zero-order chi connectivity index (χ0) is 32.7. The van der Waals surface area contributed by atoms with E-state index >= 15 is 0 Å². The minimum atomic E-state index is -4.60. The van der Waals surface area contributed by atoms with Crippen LogP contribution in [0.1, 0.15) is 11.1 Å². The van der Waals surface area contributed by atoms with Crippen molar-refractivity contribution in [3.63, 3.8) is 0 Å². The van der Waals surface area contributed by atoms with Gasteiger partial charge in [-0.25, -0.2) is 9.59 Å². The molecule has 8 N–H and O–H groups in total. The lowest BCUT2D eigenvalue weighted by atomic mass is 10.2. The number of alkyl halides is 6. The molecule has 0 radical (unpaired) electrons. The van der Waals surface area contributed by atoms with E-state index in [-0.39, 0.29) is 11.4 Å². The summed E-state index contributed by atoms with van der Waals surface area (Å²) in [5, 5.41) is 8.65. The molecule has 232 valence electrons. The molecule has 0 atom stereocenters. The standard InChI is InChI=1S/2C14H11ClF3N3O/c2*15-12-5-4-10(7-11(12)14(16,17)18)21-13(22)20-9-3-1-2-8(19)6-9/h2*1-7H,19H2,(H2,20,21,22). The lowest BCUT2D eigenvalue weighted by molar-refractivity contribution is -0.138. The fourth-order valence-electron chi connectivity index (χ4n) is 3.46. The average molecular weight is 659 g/mol. The summed E-state index contributed by atoms with van der Waals surface area (Å²) in [6.07, 6.45) is -9.20. The van der Waals surface area contributed by atoms with E-state index in [0.717, 1.165) is 24.3 Å². The maximum atomic E-state index is 12.7. The third-order valence-electron chi connectivity index (χ3n) is 5.35. The van der Waals surface area contributed by atoms with E-state index in [1.807, 2.05) is 0 Å². The van der Waals surface area contributed by atoms with E-state index < -0.39 is 45.6 Å². The average Bonchev–Trinajstić information content (AvgIpc) is 2.90. The van der Waals surface area contributed by atoms with E-state index in [4.69, 9.17) is 34.7 Å². The fourth-order valence-corrected chi connectivity index (χ4v) is 3.91. The number of rotatable bonds is 4. The third-order valence-corrected chi connectivity index (χ3v) is 6.01. The Balaban J connectivity index is 0.000000240. The van der Waals surface area contributed by atoms with Gasteiger partial charge in [-0.2, -0.15) is 26.3 Å². The van der Waals surface area contributed by atoms with Gasteiger partial charge in [0.15, 0.2) is 0 Å². The largest absolute Gasteiger partial charge is 0.417 e. The number of halogens is 8. The first kappa shape index (κ1) is 33.7. The smallest absolute Gasteiger partial charge is 0.399 e. The fraction of sp³-hybridized carbons (Fsp3) is 0.0714. The van der Waals surface area contributed by atoms with Gasteiger partial charge in [-0.05, 0) is 72.8 Å². The minimum absolute atomic E-state index is 0.0295. The summed E-state index contributed by atoms with van der Waals surface area (Å²) in [5.74, 6) is 0. The molecular formula is C28H22Cl2F6N6O2. The summed E-state index contributed by atoms with van der Waals surface area (Å²) < 4.78 is 76.4. The summed E-state index contributed by atoms with van der Waals surface area (Å²) in [4.78, 5) is 23.5. The molecule has 0 saturated heterocycles. The number of urea groups is 2. The molecule has 0 aliphatic rings. The summed E-state index contributed by atoms with van der Waals surface area (Å²) in [6, 6.07) is 17.6. The van der Waals surface area contributed by atoms with Crippen molar-refractivity contribution in [3.05, 3.63) is 106 Å². The van der Waals surface area contributed by atoms with Gasteiger partial charge in [-0.3, -0.25) is 0 Å². The predicted molar refractivity (Wildman–Crippen MR) is 160 cm³/mol. The van der Waals surface area contributed by atoms with Crippen LogP contribution in [0.4, 0.5) is 70.1 Å². The highest BCUT2D eigenvalue weighted by Crippen LogP contribution is 2.37. The van der Waals surface area contributed by atoms with Gasteiger partial charge in [0.25, 0.3) is 0 Å². The highest BCUT2D eigenvalue weighted by Gasteiger charge is 2.34. The molecule has 16 heteroatoms. The van der Waals surface area contributed by atoms with E-state index in [0.29, 0.717) is 22.7 Å². The second kappa shape index (κ2) is 14.1. The van der Waals surface area contributed by atoms with Crippen LogP contribution in [-0.4, -0.2) is 12.1 Å². The molecule has 0 aliphatic carbocycles. The van der Waals surface area contributed by atoms with Crippen LogP contribution >= 0.6 is 23.2 Å². The number of nitrogens with two attached hydrogens (primary N) is 2. The number of nitrogens with one attached hydrogen (secondary N) is 4. The first-order chi connectivity index (χ1) is 20.5. The maximum absolute atomic E-state index is 12.7. The molecule has 0 spiro atoms. The molecule has 0 unspecified atom stereocenters. The lowest BCUT2D eigenvalue weighted by Crippen LogP contribution is -2.20. The van der Waals surface area contributed by atoms with Crippen molar-refractivity contribution in [2.24, 2.45) is 0 Å². The Morgan fingerprint density at radius 1 is 0.523 bits per heavy atom. The number of nitrogen functional groups attached to an aromatic ring is 2. The number of amides is 4. The van der Waals surface area contributed by atoms with Gasteiger partial charge >= 0.3 is 24.4 Å². The SMILES string of the molecule is Nc1cccc(NC(=O)Nc2ccc(Cl)c(C(F)(F)F)c2)c1.Nc1cccc(NC(=O)Nc2ccc(Cl)c(C(F)(F)F)c2)c1. The Labute approximate surface area is 256 Å². The van der Waals surface area contributed by atoms with Gasteiger partial charge in [-0.1, -0.05) is 35.3 Å². The molecule has 0 heterocycles. The Morgan fingerprint density at radius 3 is 1.14 bits per heavy atom. The molecule has 4 aromatic carbocycles. The Kier molecular flexibility index (Phi) is 10.8. The van der Waals surface area contributed by atoms with Crippen molar-refractivity contribution in [2.75, 3.05) is 32.7 Å². The van der Waals surface area contributed by atoms with Gasteiger partial charge in [0.05, 0.1) is 21.2 Å². The molecule has 0 aliphatic heterocycles. The number of anilines is 6. The number of hydrogen-bond donors (Lipinski definition) is 6. The van der Waals surface area contributed by atoms with Crippen LogP contribution in [0.15, 0.2) is 84.9 Å². The normalized spacial score (nSPS) is 11.1. The Hall–Kier alpha value is -4.82. The number of carbonyl (C=O) groups is 2. The van der Waals surface area contributed by atoms with Crippen molar-refractivity contribution >= 4 is 69.4 Å². The molecule has 44 heavy (non-hydrogen) atoms. The van der Waals surface area contributed by atoms with Gasteiger partial charge < -0.3 is 32.7 Å². The van der Waals surface area contributed by atoms with Crippen molar-refractivity contribution < 1.29 is 35.9 Å². The van der Waals surface area contributed by atoms with E-state index in [9.17, 15) is 35.9 Å². The molecule has 8 nitrogen and oxygen atoms in total. The molecule has 0 aromatic heterocycles. The van der Waals surface area contributed by atoms with Gasteiger partial charge in [0.2, 0.25) is 0 Å². The first-order valence-corrected chi connectivity index (χ1v) is 12.9. The topological polar surface area (TPSA) is 134 Å². The van der Waals surface area contributed by atoms with Crippen LogP contribution in [0.2, 0.25) is 10.0 Å². The van der Waals surface area contributed by atoms with Crippen molar-refractivity contribution in [3.8, 4) is 0 Å². The zero-order valence-electron chi connectivity index (χ0n) is 22.1. The monoisotopic (exact) mass is 658 g/mol. The van der Waals surface area contributed by atoms with Crippen LogP contribution in [0.25, 0.3) is 0 Å². The van der Waals surface area contributed by atoms with Crippen molar-refractivity contribution in [1.82, 2.24) is 0 Å². The lowest BCUT2D eigenvalue weighted by Gasteiger charge is -2.12. The molecule has 4 aromatic rings. The van der Waals surface area contributed by atoms with Crippen LogP contribution in [0.3, 0.4) is 0 Å². The van der Waals surface area contributed by atoms with Gasteiger partial charge in [-0.15, -0.1) is 0 Å². The van der Waals surface area contributed by atoms with E-state index in [2.05, 4.69) is 21.3 Å². The number of carbonyl (C=O) groups excluding carboxylic acids is 2. The predicted octanol–water partition coefficient (Wildman–Crippen LogP) is 9.17. The second-order valence-electron chi connectivity index (χ2n) is 8.79. The zero-order valence-corrected chi connectivity index (χ0v) is 23.6. The molecule has 0 fully saturated rings. The quantitative estimate of drug-likeness (QED) is 0.0963. The van der Waals surface area contributed by atoms with Crippen molar-refractivity contribution in [2.45, 2.75) is 12.4 Å². The van der Waals surface area contributed by atoms with Gasteiger partial charge in [0, 0.05) is 34.1 Å².